The van der Waals surface area contributed by atoms with Crippen molar-refractivity contribution in [2.75, 3.05) is 0 Å². The van der Waals surface area contributed by atoms with Crippen molar-refractivity contribution >= 4 is 0 Å². The molecule has 0 aromatic carbocycles. The SMILES string of the molecule is CCCc1ccc(CC)c[n+]1C. The fourth-order valence-electron chi connectivity index (χ4n) is 1.42. The molecule has 1 aromatic heterocycles. The Morgan fingerprint density at radius 2 is 2.00 bits per heavy atom. The van der Waals surface area contributed by atoms with Crippen molar-refractivity contribution in [3.8, 4) is 0 Å². The van der Waals surface area contributed by atoms with Crippen molar-refractivity contribution in [3.05, 3.63) is 29.6 Å². The Labute approximate surface area is 75.1 Å². The van der Waals surface area contributed by atoms with E-state index in [1.54, 1.807) is 0 Å². The Hall–Kier alpha value is -0.850. The lowest BCUT2D eigenvalue weighted by Crippen LogP contribution is -2.33. The Kier molecular flexibility index (Phi) is 3.27. The lowest BCUT2D eigenvalue weighted by Gasteiger charge is -1.99. The van der Waals surface area contributed by atoms with Gasteiger partial charge in [-0.15, -0.1) is 0 Å². The molecule has 0 bridgehead atoms. The normalized spacial score (nSPS) is 10.2. The van der Waals surface area contributed by atoms with Crippen LogP contribution in [0.1, 0.15) is 31.5 Å². The van der Waals surface area contributed by atoms with Gasteiger partial charge in [0.1, 0.15) is 7.05 Å². The molecule has 1 heterocycles. The molecule has 0 aliphatic carbocycles. The Bertz CT molecular complexity index is 253. The van der Waals surface area contributed by atoms with E-state index in [0.29, 0.717) is 0 Å². The fraction of sp³-hybridized carbons (Fsp3) is 0.545. The average Bonchev–Trinajstić information content (AvgIpc) is 2.09. The zero-order chi connectivity index (χ0) is 8.97. The van der Waals surface area contributed by atoms with Gasteiger partial charge in [-0.2, -0.15) is 0 Å². The topological polar surface area (TPSA) is 3.88 Å². The van der Waals surface area contributed by atoms with E-state index in [9.17, 15) is 0 Å². The molecule has 0 spiro atoms. The summed E-state index contributed by atoms with van der Waals surface area (Å²) in [5, 5.41) is 0. The number of nitrogens with zero attached hydrogens (tertiary/aromatic N) is 1. The lowest BCUT2D eigenvalue weighted by molar-refractivity contribution is -0.679. The molecule has 0 aliphatic heterocycles. The van der Waals surface area contributed by atoms with Gasteiger partial charge in [-0.05, 0) is 18.9 Å². The molecule has 0 atom stereocenters. The summed E-state index contributed by atoms with van der Waals surface area (Å²) in [6.45, 7) is 4.41. The minimum Gasteiger partial charge on any atom is -0.205 e. The Morgan fingerprint density at radius 3 is 2.50 bits per heavy atom. The Morgan fingerprint density at radius 1 is 1.25 bits per heavy atom. The molecule has 0 saturated heterocycles. The maximum absolute atomic E-state index is 2.24. The number of pyridine rings is 1. The summed E-state index contributed by atoms with van der Waals surface area (Å²) in [5.74, 6) is 0. The summed E-state index contributed by atoms with van der Waals surface area (Å²) in [6, 6.07) is 4.47. The third-order valence-corrected chi connectivity index (χ3v) is 2.22. The van der Waals surface area contributed by atoms with Gasteiger partial charge in [0.2, 0.25) is 0 Å². The van der Waals surface area contributed by atoms with Crippen LogP contribution in [-0.4, -0.2) is 0 Å². The van der Waals surface area contributed by atoms with Crippen LogP contribution in [0.5, 0.6) is 0 Å². The monoisotopic (exact) mass is 164 g/mol. The van der Waals surface area contributed by atoms with Crippen LogP contribution in [0.25, 0.3) is 0 Å². The fourth-order valence-corrected chi connectivity index (χ4v) is 1.42. The van der Waals surface area contributed by atoms with E-state index in [2.05, 4.69) is 43.8 Å². The highest BCUT2D eigenvalue weighted by Crippen LogP contribution is 2.00. The molecule has 0 fully saturated rings. The van der Waals surface area contributed by atoms with E-state index in [0.717, 1.165) is 6.42 Å². The predicted octanol–water partition coefficient (Wildman–Crippen LogP) is 2.03. The Balaban J connectivity index is 2.87. The van der Waals surface area contributed by atoms with E-state index in [-0.39, 0.29) is 0 Å². The summed E-state index contributed by atoms with van der Waals surface area (Å²) < 4.78 is 2.24. The second kappa shape index (κ2) is 4.24. The number of rotatable bonds is 3. The lowest BCUT2D eigenvalue weighted by atomic mass is 10.1. The van der Waals surface area contributed by atoms with Gasteiger partial charge in [0.25, 0.3) is 0 Å². The molecule has 1 rings (SSSR count). The third kappa shape index (κ3) is 2.07. The number of aromatic nitrogens is 1. The molecule has 66 valence electrons. The van der Waals surface area contributed by atoms with Crippen LogP contribution in [0, 0.1) is 0 Å². The highest BCUT2D eigenvalue weighted by Gasteiger charge is 2.04. The molecule has 12 heavy (non-hydrogen) atoms. The molecular weight excluding hydrogens is 146 g/mol. The summed E-state index contributed by atoms with van der Waals surface area (Å²) in [7, 11) is 2.13. The molecule has 0 N–H and O–H groups in total. The van der Waals surface area contributed by atoms with Crippen LogP contribution < -0.4 is 4.57 Å². The quantitative estimate of drug-likeness (QED) is 0.602. The van der Waals surface area contributed by atoms with Crippen LogP contribution in [0.2, 0.25) is 0 Å². The van der Waals surface area contributed by atoms with Crippen LogP contribution in [0.3, 0.4) is 0 Å². The molecule has 0 aliphatic rings. The highest BCUT2D eigenvalue weighted by molar-refractivity contribution is 5.09. The van der Waals surface area contributed by atoms with E-state index in [4.69, 9.17) is 0 Å². The van der Waals surface area contributed by atoms with E-state index < -0.39 is 0 Å². The maximum Gasteiger partial charge on any atom is 0.181 e. The van der Waals surface area contributed by atoms with Gasteiger partial charge in [0.15, 0.2) is 11.9 Å². The molecule has 0 radical (unpaired) electrons. The smallest absolute Gasteiger partial charge is 0.181 e. The third-order valence-electron chi connectivity index (χ3n) is 2.22. The first-order valence-corrected chi connectivity index (χ1v) is 4.75. The number of aryl methyl sites for hydroxylation is 3. The molecule has 1 nitrogen and oxygen atoms in total. The minimum atomic E-state index is 1.13. The van der Waals surface area contributed by atoms with Gasteiger partial charge < -0.3 is 0 Å². The van der Waals surface area contributed by atoms with Crippen LogP contribution in [0.15, 0.2) is 18.3 Å². The van der Waals surface area contributed by atoms with Gasteiger partial charge in [0.05, 0.1) is 0 Å². The molecule has 0 amide bonds. The van der Waals surface area contributed by atoms with Crippen molar-refractivity contribution in [2.45, 2.75) is 33.1 Å². The summed E-state index contributed by atoms with van der Waals surface area (Å²) in [4.78, 5) is 0. The largest absolute Gasteiger partial charge is 0.205 e. The van der Waals surface area contributed by atoms with Crippen molar-refractivity contribution in [1.29, 1.82) is 0 Å². The van der Waals surface area contributed by atoms with E-state index in [1.807, 2.05) is 0 Å². The zero-order valence-corrected chi connectivity index (χ0v) is 8.30. The van der Waals surface area contributed by atoms with Crippen molar-refractivity contribution in [1.82, 2.24) is 0 Å². The van der Waals surface area contributed by atoms with E-state index >= 15 is 0 Å². The minimum absolute atomic E-state index is 1.13. The molecule has 0 saturated carbocycles. The van der Waals surface area contributed by atoms with Gasteiger partial charge in [-0.3, -0.25) is 0 Å². The molecule has 0 unspecified atom stereocenters. The number of hydrogen-bond acceptors (Lipinski definition) is 0. The van der Waals surface area contributed by atoms with Crippen molar-refractivity contribution < 1.29 is 4.57 Å². The van der Waals surface area contributed by atoms with Crippen molar-refractivity contribution in [3.63, 3.8) is 0 Å². The van der Waals surface area contributed by atoms with Gasteiger partial charge in [-0.1, -0.05) is 13.8 Å². The second-order valence-corrected chi connectivity index (χ2v) is 3.24. The highest BCUT2D eigenvalue weighted by atomic mass is 14.9. The molecule has 1 aromatic rings. The first kappa shape index (κ1) is 9.24. The first-order valence-electron chi connectivity index (χ1n) is 4.75. The number of hydrogen-bond donors (Lipinski definition) is 0. The van der Waals surface area contributed by atoms with Crippen LogP contribution in [0.4, 0.5) is 0 Å². The summed E-state index contributed by atoms with van der Waals surface area (Å²) >= 11 is 0. The summed E-state index contributed by atoms with van der Waals surface area (Å²) in [5.41, 5.74) is 2.84. The van der Waals surface area contributed by atoms with E-state index in [1.165, 1.54) is 24.1 Å². The second-order valence-electron chi connectivity index (χ2n) is 3.24. The molecular formula is C11H18N+. The van der Waals surface area contributed by atoms with Gasteiger partial charge in [0, 0.05) is 18.1 Å². The summed E-state index contributed by atoms with van der Waals surface area (Å²) in [6.07, 6.45) is 5.76. The predicted molar refractivity (Wildman–Crippen MR) is 51.0 cm³/mol. The van der Waals surface area contributed by atoms with Gasteiger partial charge in [-0.25, -0.2) is 4.57 Å². The average molecular weight is 164 g/mol. The maximum atomic E-state index is 2.24. The van der Waals surface area contributed by atoms with Gasteiger partial charge >= 0.3 is 0 Å². The first-order chi connectivity index (χ1) is 5.77. The van der Waals surface area contributed by atoms with Crippen molar-refractivity contribution in [2.24, 2.45) is 7.05 Å². The standard InChI is InChI=1S/C11H18N/c1-4-6-11-8-7-10(5-2)9-12(11)3/h7-9H,4-6H2,1-3H3/q+1. The zero-order valence-electron chi connectivity index (χ0n) is 8.30. The molecule has 1 heteroatoms. The van der Waals surface area contributed by atoms with Crippen LogP contribution >= 0.6 is 0 Å². The van der Waals surface area contributed by atoms with Crippen LogP contribution in [-0.2, 0) is 19.9 Å².